The number of carbonyl (C=O) groups is 2. The number of aryl methyl sites for hydroxylation is 1. The molecule has 3 rings (SSSR count). The molecule has 9 nitrogen and oxygen atoms in total. The van der Waals surface area contributed by atoms with Crippen molar-refractivity contribution in [1.29, 1.82) is 0 Å². The van der Waals surface area contributed by atoms with Gasteiger partial charge in [0.15, 0.2) is 6.10 Å². The molecule has 2 aromatic rings. The number of nitrogens with one attached hydrogen (secondary N) is 1. The number of hydrogen-bond donors (Lipinski definition) is 1. The molecule has 9 heteroatoms. The molecule has 1 aliphatic heterocycles. The van der Waals surface area contributed by atoms with E-state index >= 15 is 0 Å². The van der Waals surface area contributed by atoms with Gasteiger partial charge in [-0.2, -0.15) is 0 Å². The Labute approximate surface area is 173 Å². The van der Waals surface area contributed by atoms with E-state index in [9.17, 15) is 19.7 Å². The Kier molecular flexibility index (Phi) is 6.63. The van der Waals surface area contributed by atoms with Crippen molar-refractivity contribution < 1.29 is 24.0 Å². The number of rotatable bonds is 6. The summed E-state index contributed by atoms with van der Waals surface area (Å²) in [4.78, 5) is 37.3. The Morgan fingerprint density at radius 2 is 1.83 bits per heavy atom. The molecule has 1 heterocycles. The van der Waals surface area contributed by atoms with Gasteiger partial charge in [-0.05, 0) is 44.2 Å². The van der Waals surface area contributed by atoms with Crippen LogP contribution in [0.3, 0.4) is 0 Å². The molecular weight excluding hydrogens is 390 g/mol. The van der Waals surface area contributed by atoms with E-state index in [4.69, 9.17) is 9.47 Å². The normalized spacial score (nSPS) is 14.7. The Balaban J connectivity index is 1.58. The third-order valence-electron chi connectivity index (χ3n) is 4.81. The summed E-state index contributed by atoms with van der Waals surface area (Å²) in [6.07, 6.45) is -1.07. The molecule has 0 spiro atoms. The van der Waals surface area contributed by atoms with E-state index in [1.165, 1.54) is 19.1 Å². The van der Waals surface area contributed by atoms with E-state index in [2.05, 4.69) is 10.2 Å². The van der Waals surface area contributed by atoms with Crippen LogP contribution in [0.1, 0.15) is 22.8 Å². The van der Waals surface area contributed by atoms with E-state index < -0.39 is 22.9 Å². The summed E-state index contributed by atoms with van der Waals surface area (Å²) in [5.41, 5.74) is 1.88. The third kappa shape index (κ3) is 5.12. The second-order valence-corrected chi connectivity index (χ2v) is 6.94. The number of esters is 1. The number of nitrogens with zero attached hydrogens (tertiary/aromatic N) is 2. The first-order chi connectivity index (χ1) is 14.3. The number of morpholine rings is 1. The highest BCUT2D eigenvalue weighted by Crippen LogP contribution is 2.21. The topological polar surface area (TPSA) is 111 Å². The minimum Gasteiger partial charge on any atom is -0.449 e. The lowest BCUT2D eigenvalue weighted by Gasteiger charge is -2.28. The zero-order chi connectivity index (χ0) is 21.7. The molecule has 0 unspecified atom stereocenters. The Morgan fingerprint density at radius 3 is 2.47 bits per heavy atom. The van der Waals surface area contributed by atoms with Gasteiger partial charge >= 0.3 is 5.97 Å². The fourth-order valence-electron chi connectivity index (χ4n) is 3.04. The van der Waals surface area contributed by atoms with Gasteiger partial charge in [0.05, 0.1) is 23.7 Å². The van der Waals surface area contributed by atoms with Crippen LogP contribution >= 0.6 is 0 Å². The van der Waals surface area contributed by atoms with Gasteiger partial charge in [0.1, 0.15) is 0 Å². The fraction of sp³-hybridized carbons (Fsp3) is 0.333. The minimum atomic E-state index is -1.07. The Bertz CT molecular complexity index is 938. The average Bonchev–Trinajstić information content (AvgIpc) is 2.74. The molecule has 1 fully saturated rings. The van der Waals surface area contributed by atoms with Crippen LogP contribution in [0.2, 0.25) is 0 Å². The maximum Gasteiger partial charge on any atom is 0.339 e. The van der Waals surface area contributed by atoms with Crippen LogP contribution < -0.4 is 10.2 Å². The molecule has 0 aromatic heterocycles. The summed E-state index contributed by atoms with van der Waals surface area (Å²) in [5, 5.41) is 13.7. The SMILES string of the molecule is Cc1ccc(C(=O)O[C@@H](C)C(=O)Nc2ccc(N3CCOCC3)cc2)cc1[N+](=O)[O-]. The summed E-state index contributed by atoms with van der Waals surface area (Å²) in [7, 11) is 0. The van der Waals surface area contributed by atoms with Crippen molar-refractivity contribution in [1.82, 2.24) is 0 Å². The molecule has 1 saturated heterocycles. The first kappa shape index (κ1) is 21.3. The lowest BCUT2D eigenvalue weighted by molar-refractivity contribution is -0.385. The summed E-state index contributed by atoms with van der Waals surface area (Å²) in [5.74, 6) is -1.30. The highest BCUT2D eigenvalue weighted by molar-refractivity contribution is 5.97. The lowest BCUT2D eigenvalue weighted by Crippen LogP contribution is -2.36. The highest BCUT2D eigenvalue weighted by Gasteiger charge is 2.21. The first-order valence-electron chi connectivity index (χ1n) is 9.55. The molecule has 0 saturated carbocycles. The van der Waals surface area contributed by atoms with Gasteiger partial charge in [0, 0.05) is 36.1 Å². The Morgan fingerprint density at radius 1 is 1.17 bits per heavy atom. The van der Waals surface area contributed by atoms with Crippen LogP contribution in [0, 0.1) is 17.0 Å². The number of nitro groups is 1. The standard InChI is InChI=1S/C21H23N3O6/c1-14-3-4-16(13-19(14)24(27)28)21(26)30-15(2)20(25)22-17-5-7-18(8-6-17)23-9-11-29-12-10-23/h3-8,13,15H,9-12H2,1-2H3,(H,22,25)/t15-/m0/s1. The lowest BCUT2D eigenvalue weighted by atomic mass is 10.1. The third-order valence-corrected chi connectivity index (χ3v) is 4.81. The first-order valence-corrected chi connectivity index (χ1v) is 9.55. The second kappa shape index (κ2) is 9.36. The number of hydrogen-bond acceptors (Lipinski definition) is 7. The van der Waals surface area contributed by atoms with E-state index in [0.29, 0.717) is 24.5 Å². The van der Waals surface area contributed by atoms with Crippen molar-refractivity contribution in [2.45, 2.75) is 20.0 Å². The van der Waals surface area contributed by atoms with Crippen LogP contribution in [0.4, 0.5) is 17.1 Å². The molecule has 2 aromatic carbocycles. The van der Waals surface area contributed by atoms with E-state index in [1.807, 2.05) is 12.1 Å². The zero-order valence-corrected chi connectivity index (χ0v) is 16.8. The summed E-state index contributed by atoms with van der Waals surface area (Å²) in [6, 6.07) is 11.4. The maximum atomic E-state index is 12.4. The maximum absolute atomic E-state index is 12.4. The van der Waals surface area contributed by atoms with Gasteiger partial charge in [-0.15, -0.1) is 0 Å². The van der Waals surface area contributed by atoms with Crippen molar-refractivity contribution in [2.24, 2.45) is 0 Å². The molecule has 1 aliphatic rings. The number of nitro benzene ring substituents is 1. The number of carbonyl (C=O) groups excluding carboxylic acids is 2. The molecule has 1 atom stereocenters. The van der Waals surface area contributed by atoms with Crippen LogP contribution in [0.5, 0.6) is 0 Å². The molecule has 0 bridgehead atoms. The summed E-state index contributed by atoms with van der Waals surface area (Å²) in [6.45, 7) is 6.02. The van der Waals surface area contributed by atoms with Crippen LogP contribution in [-0.2, 0) is 14.3 Å². The van der Waals surface area contributed by atoms with Gasteiger partial charge in [0.25, 0.3) is 11.6 Å². The highest BCUT2D eigenvalue weighted by atomic mass is 16.6. The van der Waals surface area contributed by atoms with E-state index in [0.717, 1.165) is 24.8 Å². The van der Waals surface area contributed by atoms with Gasteiger partial charge < -0.3 is 19.7 Å². The predicted molar refractivity (Wildman–Crippen MR) is 111 cm³/mol. The molecule has 0 radical (unpaired) electrons. The van der Waals surface area contributed by atoms with Crippen molar-refractivity contribution in [2.75, 3.05) is 36.5 Å². The van der Waals surface area contributed by atoms with E-state index in [1.54, 1.807) is 19.1 Å². The zero-order valence-electron chi connectivity index (χ0n) is 16.8. The number of benzene rings is 2. The molecular formula is C21H23N3O6. The van der Waals surface area contributed by atoms with Crippen molar-refractivity contribution in [3.05, 3.63) is 63.7 Å². The average molecular weight is 413 g/mol. The van der Waals surface area contributed by atoms with Crippen LogP contribution in [-0.4, -0.2) is 49.2 Å². The number of anilines is 2. The minimum absolute atomic E-state index is 0.0156. The smallest absolute Gasteiger partial charge is 0.339 e. The van der Waals surface area contributed by atoms with E-state index in [-0.39, 0.29) is 11.3 Å². The molecule has 30 heavy (non-hydrogen) atoms. The summed E-state index contributed by atoms with van der Waals surface area (Å²) < 4.78 is 10.5. The Hall–Kier alpha value is -3.46. The quantitative estimate of drug-likeness (QED) is 0.440. The molecule has 1 amide bonds. The van der Waals surface area contributed by atoms with Crippen molar-refractivity contribution in [3.63, 3.8) is 0 Å². The molecule has 158 valence electrons. The second-order valence-electron chi connectivity index (χ2n) is 6.94. The van der Waals surface area contributed by atoms with Crippen LogP contribution in [0.25, 0.3) is 0 Å². The summed E-state index contributed by atoms with van der Waals surface area (Å²) >= 11 is 0. The predicted octanol–water partition coefficient (Wildman–Crippen LogP) is 2.92. The van der Waals surface area contributed by atoms with Gasteiger partial charge in [0.2, 0.25) is 0 Å². The van der Waals surface area contributed by atoms with Gasteiger partial charge in [-0.25, -0.2) is 4.79 Å². The molecule has 0 aliphatic carbocycles. The number of ether oxygens (including phenoxy) is 2. The molecule has 1 N–H and O–H groups in total. The van der Waals surface area contributed by atoms with Crippen molar-refractivity contribution in [3.8, 4) is 0 Å². The fourth-order valence-corrected chi connectivity index (χ4v) is 3.04. The monoisotopic (exact) mass is 413 g/mol. The van der Waals surface area contributed by atoms with Crippen LogP contribution in [0.15, 0.2) is 42.5 Å². The number of amides is 1. The van der Waals surface area contributed by atoms with Gasteiger partial charge in [-0.3, -0.25) is 14.9 Å². The van der Waals surface area contributed by atoms with Gasteiger partial charge in [-0.1, -0.05) is 6.07 Å². The van der Waals surface area contributed by atoms with Crippen molar-refractivity contribution >= 4 is 28.9 Å². The largest absolute Gasteiger partial charge is 0.449 e.